The van der Waals surface area contributed by atoms with Gasteiger partial charge in [-0.25, -0.2) is 13.8 Å². The van der Waals surface area contributed by atoms with Gasteiger partial charge in [-0.05, 0) is 22.0 Å². The standard InChI is InChI=1S/C8H7BrClF2NO/c1-14-6-2-4(8(11)12)7(9)13-5(6)3-10/h2,8H,3H2,1H3. The molecule has 0 fully saturated rings. The Morgan fingerprint density at radius 1 is 1.64 bits per heavy atom. The van der Waals surface area contributed by atoms with E-state index in [-0.39, 0.29) is 21.8 Å². The van der Waals surface area contributed by atoms with Crippen LogP contribution in [-0.2, 0) is 5.88 Å². The van der Waals surface area contributed by atoms with Crippen molar-refractivity contribution in [3.63, 3.8) is 0 Å². The molecule has 14 heavy (non-hydrogen) atoms. The molecule has 0 unspecified atom stereocenters. The van der Waals surface area contributed by atoms with Gasteiger partial charge in [-0.2, -0.15) is 0 Å². The van der Waals surface area contributed by atoms with E-state index in [1.807, 2.05) is 0 Å². The first-order valence-corrected chi connectivity index (χ1v) is 5.00. The summed E-state index contributed by atoms with van der Waals surface area (Å²) in [4.78, 5) is 3.86. The van der Waals surface area contributed by atoms with Crippen molar-refractivity contribution in [2.75, 3.05) is 7.11 Å². The summed E-state index contributed by atoms with van der Waals surface area (Å²) in [6.45, 7) is 0. The van der Waals surface area contributed by atoms with Crippen LogP contribution in [0, 0.1) is 0 Å². The first kappa shape index (κ1) is 11.7. The van der Waals surface area contributed by atoms with Gasteiger partial charge in [0, 0.05) is 0 Å². The zero-order chi connectivity index (χ0) is 10.7. The SMILES string of the molecule is COc1cc(C(F)F)c(Br)nc1CCl. The highest BCUT2D eigenvalue weighted by molar-refractivity contribution is 9.10. The number of methoxy groups -OCH3 is 1. The van der Waals surface area contributed by atoms with Gasteiger partial charge >= 0.3 is 0 Å². The molecule has 0 aliphatic rings. The highest BCUT2D eigenvalue weighted by atomic mass is 79.9. The molecule has 1 rings (SSSR count). The molecule has 2 nitrogen and oxygen atoms in total. The number of rotatable bonds is 3. The summed E-state index contributed by atoms with van der Waals surface area (Å²) in [5.74, 6) is 0.393. The minimum atomic E-state index is -2.59. The van der Waals surface area contributed by atoms with Crippen molar-refractivity contribution in [1.82, 2.24) is 4.98 Å². The number of pyridine rings is 1. The Bertz CT molecular complexity index is 335. The van der Waals surface area contributed by atoms with Crippen molar-refractivity contribution in [3.05, 3.63) is 21.9 Å². The predicted octanol–water partition coefficient (Wildman–Crippen LogP) is 3.53. The van der Waals surface area contributed by atoms with E-state index in [0.29, 0.717) is 5.69 Å². The minimum absolute atomic E-state index is 0.101. The second kappa shape index (κ2) is 4.89. The fourth-order valence-corrected chi connectivity index (χ4v) is 1.64. The number of halogens is 4. The van der Waals surface area contributed by atoms with Crippen LogP contribution in [0.2, 0.25) is 0 Å². The van der Waals surface area contributed by atoms with Crippen LogP contribution in [0.3, 0.4) is 0 Å². The summed E-state index contributed by atoms with van der Waals surface area (Å²) in [6, 6.07) is 1.24. The number of alkyl halides is 3. The Balaban J connectivity index is 3.23. The van der Waals surface area contributed by atoms with E-state index in [1.165, 1.54) is 13.2 Å². The Morgan fingerprint density at radius 2 is 2.29 bits per heavy atom. The van der Waals surface area contributed by atoms with Crippen molar-refractivity contribution in [3.8, 4) is 5.75 Å². The van der Waals surface area contributed by atoms with Gasteiger partial charge in [-0.1, -0.05) is 0 Å². The van der Waals surface area contributed by atoms with E-state index < -0.39 is 6.43 Å². The van der Waals surface area contributed by atoms with E-state index in [1.54, 1.807) is 0 Å². The highest BCUT2D eigenvalue weighted by Crippen LogP contribution is 2.31. The van der Waals surface area contributed by atoms with Crippen molar-refractivity contribution < 1.29 is 13.5 Å². The molecular formula is C8H7BrClF2NO. The van der Waals surface area contributed by atoms with Crippen LogP contribution >= 0.6 is 27.5 Å². The fraction of sp³-hybridized carbons (Fsp3) is 0.375. The van der Waals surface area contributed by atoms with Crippen molar-refractivity contribution in [2.45, 2.75) is 12.3 Å². The summed E-state index contributed by atoms with van der Waals surface area (Å²) in [5, 5.41) is 0. The summed E-state index contributed by atoms with van der Waals surface area (Å²) in [6.07, 6.45) is -2.59. The third-order valence-electron chi connectivity index (χ3n) is 1.62. The Labute approximate surface area is 93.4 Å². The van der Waals surface area contributed by atoms with Crippen LogP contribution in [0.1, 0.15) is 17.7 Å². The zero-order valence-electron chi connectivity index (χ0n) is 7.23. The van der Waals surface area contributed by atoms with Gasteiger partial charge in [0.2, 0.25) is 0 Å². The third kappa shape index (κ3) is 2.33. The van der Waals surface area contributed by atoms with E-state index >= 15 is 0 Å². The molecule has 0 radical (unpaired) electrons. The molecule has 1 aromatic heterocycles. The zero-order valence-corrected chi connectivity index (χ0v) is 9.57. The van der Waals surface area contributed by atoms with Crippen LogP contribution in [0.4, 0.5) is 8.78 Å². The van der Waals surface area contributed by atoms with E-state index in [4.69, 9.17) is 16.3 Å². The van der Waals surface area contributed by atoms with Gasteiger partial charge in [-0.15, -0.1) is 11.6 Å². The number of nitrogens with zero attached hydrogens (tertiary/aromatic N) is 1. The number of hydrogen-bond donors (Lipinski definition) is 0. The molecule has 6 heteroatoms. The topological polar surface area (TPSA) is 22.1 Å². The van der Waals surface area contributed by atoms with Crippen LogP contribution < -0.4 is 4.74 Å². The summed E-state index contributed by atoms with van der Waals surface area (Å²) in [5.41, 5.74) is 0.237. The second-order valence-corrected chi connectivity index (χ2v) is 3.47. The first-order valence-electron chi connectivity index (χ1n) is 3.67. The van der Waals surface area contributed by atoms with Gasteiger partial charge in [0.15, 0.2) is 0 Å². The minimum Gasteiger partial charge on any atom is -0.495 e. The molecule has 0 aliphatic heterocycles. The van der Waals surface area contributed by atoms with Gasteiger partial charge in [0.05, 0.1) is 24.2 Å². The maximum Gasteiger partial charge on any atom is 0.266 e. The first-order chi connectivity index (χ1) is 6.60. The average molecular weight is 287 g/mol. The molecule has 0 saturated heterocycles. The molecular weight excluding hydrogens is 279 g/mol. The Morgan fingerprint density at radius 3 is 2.71 bits per heavy atom. The molecule has 0 bridgehead atoms. The molecule has 0 atom stereocenters. The second-order valence-electron chi connectivity index (χ2n) is 2.45. The lowest BCUT2D eigenvalue weighted by Crippen LogP contribution is -1.98. The summed E-state index contributed by atoms with van der Waals surface area (Å²) < 4.78 is 29.8. The largest absolute Gasteiger partial charge is 0.495 e. The number of hydrogen-bond acceptors (Lipinski definition) is 2. The molecule has 0 saturated carbocycles. The van der Waals surface area contributed by atoms with Gasteiger partial charge in [-0.3, -0.25) is 0 Å². The van der Waals surface area contributed by atoms with Crippen LogP contribution in [-0.4, -0.2) is 12.1 Å². The molecule has 0 aromatic carbocycles. The lowest BCUT2D eigenvalue weighted by Gasteiger charge is -2.09. The van der Waals surface area contributed by atoms with Gasteiger partial charge < -0.3 is 4.74 Å². The summed E-state index contributed by atoms with van der Waals surface area (Å²) in [7, 11) is 1.39. The quantitative estimate of drug-likeness (QED) is 0.626. The van der Waals surface area contributed by atoms with Crippen LogP contribution in [0.15, 0.2) is 10.7 Å². The number of aromatic nitrogens is 1. The lowest BCUT2D eigenvalue weighted by molar-refractivity contribution is 0.149. The molecule has 0 amide bonds. The Kier molecular flexibility index (Phi) is 4.07. The highest BCUT2D eigenvalue weighted by Gasteiger charge is 2.16. The van der Waals surface area contributed by atoms with Crippen molar-refractivity contribution in [2.24, 2.45) is 0 Å². The fourth-order valence-electron chi connectivity index (χ4n) is 0.948. The number of ether oxygens (including phenoxy) is 1. The molecule has 1 heterocycles. The molecule has 78 valence electrons. The molecule has 0 N–H and O–H groups in total. The molecule has 0 spiro atoms. The van der Waals surface area contributed by atoms with E-state index in [9.17, 15) is 8.78 Å². The predicted molar refractivity (Wildman–Crippen MR) is 53.0 cm³/mol. The molecule has 1 aromatic rings. The molecule has 0 aliphatic carbocycles. The van der Waals surface area contributed by atoms with E-state index in [0.717, 1.165) is 0 Å². The lowest BCUT2D eigenvalue weighted by atomic mass is 10.2. The van der Waals surface area contributed by atoms with Crippen LogP contribution in [0.5, 0.6) is 5.75 Å². The Hall–Kier alpha value is -0.420. The van der Waals surface area contributed by atoms with Gasteiger partial charge in [0.25, 0.3) is 6.43 Å². The van der Waals surface area contributed by atoms with Crippen LogP contribution in [0.25, 0.3) is 0 Å². The summed E-state index contributed by atoms with van der Waals surface area (Å²) >= 11 is 8.51. The maximum atomic E-state index is 12.4. The van der Waals surface area contributed by atoms with Crippen molar-refractivity contribution >= 4 is 27.5 Å². The monoisotopic (exact) mass is 285 g/mol. The normalized spacial score (nSPS) is 10.7. The van der Waals surface area contributed by atoms with Gasteiger partial charge in [0.1, 0.15) is 10.4 Å². The van der Waals surface area contributed by atoms with Crippen molar-refractivity contribution in [1.29, 1.82) is 0 Å². The average Bonchev–Trinajstić information content (AvgIpc) is 2.16. The third-order valence-corrected chi connectivity index (χ3v) is 2.51. The smallest absolute Gasteiger partial charge is 0.266 e. The van der Waals surface area contributed by atoms with E-state index in [2.05, 4.69) is 20.9 Å². The maximum absolute atomic E-state index is 12.4.